The molecule has 0 saturated carbocycles. The summed E-state index contributed by atoms with van der Waals surface area (Å²) in [5, 5.41) is 13.8. The number of nitrogens with one attached hydrogen (secondary N) is 2. The lowest BCUT2D eigenvalue weighted by Crippen LogP contribution is -2.26. The Morgan fingerprint density at radius 3 is 2.65 bits per heavy atom. The molecule has 0 unspecified atom stereocenters. The zero-order chi connectivity index (χ0) is 16.5. The van der Waals surface area contributed by atoms with Gasteiger partial charge < -0.3 is 20.1 Å². The normalized spacial score (nSPS) is 10.2. The zero-order valence-corrected chi connectivity index (χ0v) is 13.2. The molecule has 7 heteroatoms. The van der Waals surface area contributed by atoms with Gasteiger partial charge in [-0.05, 0) is 30.7 Å². The molecule has 0 aliphatic carbocycles. The third kappa shape index (κ3) is 4.93. The van der Waals surface area contributed by atoms with Crippen molar-refractivity contribution in [1.82, 2.24) is 15.5 Å². The maximum Gasteiger partial charge on any atom is 0.271 e. The van der Waals surface area contributed by atoms with Crippen LogP contribution in [0.25, 0.3) is 0 Å². The van der Waals surface area contributed by atoms with Gasteiger partial charge in [0.2, 0.25) is 0 Å². The lowest BCUT2D eigenvalue weighted by Gasteiger charge is -2.10. The number of benzene rings is 1. The molecule has 0 spiro atoms. The fourth-order valence-electron chi connectivity index (χ4n) is 1.91. The number of para-hydroxylation sites is 2. The van der Waals surface area contributed by atoms with Crippen molar-refractivity contribution >= 4 is 17.4 Å². The van der Waals surface area contributed by atoms with E-state index in [2.05, 4.69) is 20.8 Å². The van der Waals surface area contributed by atoms with Crippen LogP contribution < -0.4 is 15.4 Å². The molecule has 0 fully saturated rings. The number of nitrogens with zero attached hydrogens (tertiary/aromatic N) is 2. The van der Waals surface area contributed by atoms with Crippen molar-refractivity contribution in [2.75, 3.05) is 32.7 Å². The lowest BCUT2D eigenvalue weighted by molar-refractivity contribution is 0.0942. The van der Waals surface area contributed by atoms with Crippen molar-refractivity contribution < 1.29 is 14.3 Å². The monoisotopic (exact) mass is 316 g/mol. The maximum absolute atomic E-state index is 11.9. The van der Waals surface area contributed by atoms with Crippen LogP contribution in [0, 0.1) is 0 Å². The minimum Gasteiger partial charge on any atom is -0.495 e. The molecular weight excluding hydrogens is 296 g/mol. The molecule has 2 aromatic rings. The summed E-state index contributed by atoms with van der Waals surface area (Å²) in [6.07, 6.45) is 0.753. The number of hydrogen-bond acceptors (Lipinski definition) is 6. The van der Waals surface area contributed by atoms with Crippen LogP contribution in [-0.2, 0) is 4.74 Å². The number of ether oxygens (including phenoxy) is 2. The van der Waals surface area contributed by atoms with Gasteiger partial charge in [-0.3, -0.25) is 4.79 Å². The fraction of sp³-hybridized carbons (Fsp3) is 0.312. The van der Waals surface area contributed by atoms with E-state index in [9.17, 15) is 4.79 Å². The SMILES string of the molecule is COCCCNC(=O)c1ccc(Nc2ccccc2OC)nn1. The molecule has 0 aliphatic heterocycles. The van der Waals surface area contributed by atoms with E-state index in [0.29, 0.717) is 24.7 Å². The zero-order valence-electron chi connectivity index (χ0n) is 13.2. The second-order valence-corrected chi connectivity index (χ2v) is 4.73. The van der Waals surface area contributed by atoms with Crippen LogP contribution in [0.4, 0.5) is 11.5 Å². The summed E-state index contributed by atoms with van der Waals surface area (Å²) in [6, 6.07) is 10.8. The van der Waals surface area contributed by atoms with E-state index < -0.39 is 0 Å². The molecule has 1 heterocycles. The predicted octanol–water partition coefficient (Wildman–Crippen LogP) is 2.00. The minimum atomic E-state index is -0.252. The van der Waals surface area contributed by atoms with Gasteiger partial charge in [0.1, 0.15) is 5.75 Å². The second kappa shape index (κ2) is 8.70. The Bertz CT molecular complexity index is 631. The van der Waals surface area contributed by atoms with Crippen molar-refractivity contribution in [3.8, 4) is 5.75 Å². The molecule has 0 atom stereocenters. The first-order chi connectivity index (χ1) is 11.2. The first kappa shape index (κ1) is 16.7. The lowest BCUT2D eigenvalue weighted by atomic mass is 10.3. The van der Waals surface area contributed by atoms with E-state index in [4.69, 9.17) is 9.47 Å². The van der Waals surface area contributed by atoms with Gasteiger partial charge in [-0.15, -0.1) is 10.2 Å². The first-order valence-corrected chi connectivity index (χ1v) is 7.25. The van der Waals surface area contributed by atoms with E-state index in [1.165, 1.54) is 0 Å². The topological polar surface area (TPSA) is 85.4 Å². The Hall–Kier alpha value is -2.67. The van der Waals surface area contributed by atoms with Crippen LogP contribution in [0.5, 0.6) is 5.75 Å². The Balaban J connectivity index is 1.95. The van der Waals surface area contributed by atoms with Crippen LogP contribution >= 0.6 is 0 Å². The summed E-state index contributed by atoms with van der Waals surface area (Å²) in [7, 11) is 3.23. The number of carbonyl (C=O) groups is 1. The van der Waals surface area contributed by atoms with E-state index in [1.807, 2.05) is 24.3 Å². The number of rotatable bonds is 8. The van der Waals surface area contributed by atoms with Crippen LogP contribution in [0.1, 0.15) is 16.9 Å². The number of methoxy groups -OCH3 is 2. The Labute approximate surface area is 135 Å². The molecule has 2 rings (SSSR count). The Morgan fingerprint density at radius 2 is 1.96 bits per heavy atom. The molecule has 0 aliphatic rings. The molecule has 122 valence electrons. The summed E-state index contributed by atoms with van der Waals surface area (Å²) >= 11 is 0. The van der Waals surface area contributed by atoms with Gasteiger partial charge in [0.05, 0.1) is 12.8 Å². The summed E-state index contributed by atoms with van der Waals surface area (Å²) < 4.78 is 10.2. The molecule has 2 N–H and O–H groups in total. The van der Waals surface area contributed by atoms with Crippen LogP contribution in [-0.4, -0.2) is 43.5 Å². The summed E-state index contributed by atoms with van der Waals surface area (Å²) in [6.45, 7) is 1.14. The van der Waals surface area contributed by atoms with E-state index in [1.54, 1.807) is 26.4 Å². The number of anilines is 2. The Morgan fingerprint density at radius 1 is 1.13 bits per heavy atom. The van der Waals surface area contributed by atoms with Gasteiger partial charge in [0.25, 0.3) is 5.91 Å². The fourth-order valence-corrected chi connectivity index (χ4v) is 1.91. The largest absolute Gasteiger partial charge is 0.495 e. The van der Waals surface area contributed by atoms with Gasteiger partial charge >= 0.3 is 0 Å². The highest BCUT2D eigenvalue weighted by molar-refractivity contribution is 5.92. The van der Waals surface area contributed by atoms with Gasteiger partial charge in [0.15, 0.2) is 11.5 Å². The van der Waals surface area contributed by atoms with E-state index in [-0.39, 0.29) is 11.6 Å². The summed E-state index contributed by atoms with van der Waals surface area (Å²) in [5.74, 6) is 0.983. The highest BCUT2D eigenvalue weighted by Gasteiger charge is 2.08. The van der Waals surface area contributed by atoms with Crippen molar-refractivity contribution in [3.63, 3.8) is 0 Å². The van der Waals surface area contributed by atoms with Gasteiger partial charge in [-0.25, -0.2) is 0 Å². The Kier molecular flexibility index (Phi) is 6.31. The average Bonchev–Trinajstić information content (AvgIpc) is 2.59. The van der Waals surface area contributed by atoms with Gasteiger partial charge in [-0.1, -0.05) is 12.1 Å². The number of hydrogen-bond donors (Lipinski definition) is 2. The van der Waals surface area contributed by atoms with Crippen LogP contribution in [0.3, 0.4) is 0 Å². The molecule has 23 heavy (non-hydrogen) atoms. The molecule has 1 amide bonds. The molecule has 1 aromatic heterocycles. The molecule has 7 nitrogen and oxygen atoms in total. The van der Waals surface area contributed by atoms with Crippen LogP contribution in [0.15, 0.2) is 36.4 Å². The second-order valence-electron chi connectivity index (χ2n) is 4.73. The maximum atomic E-state index is 11.9. The molecule has 1 aromatic carbocycles. The molecule has 0 saturated heterocycles. The summed E-state index contributed by atoms with van der Waals surface area (Å²) in [4.78, 5) is 11.9. The van der Waals surface area contributed by atoms with Crippen molar-refractivity contribution in [2.45, 2.75) is 6.42 Å². The minimum absolute atomic E-state index is 0.252. The first-order valence-electron chi connectivity index (χ1n) is 7.25. The third-order valence-corrected chi connectivity index (χ3v) is 3.08. The standard InChI is InChI=1S/C16H20N4O3/c1-22-11-5-10-17-16(21)13-8-9-15(20-19-13)18-12-6-3-4-7-14(12)23-2/h3-4,6-9H,5,10-11H2,1-2H3,(H,17,21)(H,18,20). The summed E-state index contributed by atoms with van der Waals surface area (Å²) in [5.41, 5.74) is 1.05. The highest BCUT2D eigenvalue weighted by Crippen LogP contribution is 2.25. The molecule has 0 radical (unpaired) electrons. The number of amides is 1. The average molecular weight is 316 g/mol. The number of aromatic nitrogens is 2. The van der Waals surface area contributed by atoms with Crippen molar-refractivity contribution in [2.24, 2.45) is 0 Å². The quantitative estimate of drug-likeness (QED) is 0.725. The van der Waals surface area contributed by atoms with E-state index in [0.717, 1.165) is 12.1 Å². The number of carbonyl (C=O) groups excluding carboxylic acids is 1. The smallest absolute Gasteiger partial charge is 0.271 e. The molecular formula is C16H20N4O3. The van der Waals surface area contributed by atoms with Gasteiger partial charge in [-0.2, -0.15) is 0 Å². The van der Waals surface area contributed by atoms with Gasteiger partial charge in [0, 0.05) is 20.3 Å². The predicted molar refractivity (Wildman–Crippen MR) is 87.1 cm³/mol. The van der Waals surface area contributed by atoms with Crippen molar-refractivity contribution in [3.05, 3.63) is 42.1 Å². The van der Waals surface area contributed by atoms with Crippen molar-refractivity contribution in [1.29, 1.82) is 0 Å². The highest BCUT2D eigenvalue weighted by atomic mass is 16.5. The molecule has 0 bridgehead atoms. The third-order valence-electron chi connectivity index (χ3n) is 3.08. The van der Waals surface area contributed by atoms with E-state index >= 15 is 0 Å². The van der Waals surface area contributed by atoms with Crippen LogP contribution in [0.2, 0.25) is 0 Å².